The predicted octanol–water partition coefficient (Wildman–Crippen LogP) is 16.0. The quantitative estimate of drug-likeness (QED) is 0.0287. The van der Waals surface area contributed by atoms with Crippen molar-refractivity contribution in [3.8, 4) is 0 Å². The minimum absolute atomic E-state index is 0.585. The molecule has 0 radical (unpaired) electrons. The molecule has 105 heavy (non-hydrogen) atoms. The zero-order valence-electron chi connectivity index (χ0n) is 68.0. The van der Waals surface area contributed by atoms with Gasteiger partial charge >= 0.3 is 0 Å². The first kappa shape index (κ1) is 91.2. The zero-order valence-corrected chi connectivity index (χ0v) is 69.7. The molecule has 0 fully saturated rings. The highest BCUT2D eigenvalue weighted by Crippen LogP contribution is 2.43. The summed E-state index contributed by atoms with van der Waals surface area (Å²) in [6.07, 6.45) is 9.45. The van der Waals surface area contributed by atoms with Gasteiger partial charge in [0.05, 0.1) is 70.0 Å². The van der Waals surface area contributed by atoms with Crippen molar-refractivity contribution >= 4 is 15.6 Å². The average Bonchev–Trinajstić information content (AvgIpc) is 0.848. The van der Waals surface area contributed by atoms with E-state index in [1.54, 1.807) is 0 Å². The molecule has 576 valence electrons. The van der Waals surface area contributed by atoms with Crippen molar-refractivity contribution in [3.63, 3.8) is 0 Å². The predicted molar refractivity (Wildman–Crippen MR) is 436 cm³/mol. The van der Waals surface area contributed by atoms with Gasteiger partial charge in [-0.1, -0.05) is 305 Å². The van der Waals surface area contributed by atoms with Gasteiger partial charge in [-0.2, -0.15) is 0 Å². The minimum Gasteiger partial charge on any atom is -0.790 e. The van der Waals surface area contributed by atoms with E-state index >= 15 is 0 Å². The molecule has 0 heterocycles. The lowest BCUT2D eigenvalue weighted by Crippen LogP contribution is -2.79. The first-order valence-electron chi connectivity index (χ1n) is 39.4. The maximum Gasteiger partial charge on any atom is 0.0759 e. The third-order valence-electron chi connectivity index (χ3n) is 19.9. The maximum absolute atomic E-state index is 9.32. The summed E-state index contributed by atoms with van der Waals surface area (Å²) >= 11 is 0. The van der Waals surface area contributed by atoms with Crippen molar-refractivity contribution in [1.82, 2.24) is 0 Å². The first-order valence-corrected chi connectivity index (χ1v) is 42.3. The number of nitrogens with two attached hydrogens (primary N) is 4. The summed E-state index contributed by atoms with van der Waals surface area (Å²) in [6.45, 7) is 41.5. The van der Waals surface area contributed by atoms with Crippen LogP contribution in [0.2, 0.25) is 0 Å². The van der Waals surface area contributed by atoms with Crippen LogP contribution in [0.25, 0.3) is 0 Å². The molecule has 8 aromatic rings. The summed E-state index contributed by atoms with van der Waals surface area (Å²) in [5.41, 5.74) is 23.7. The highest BCUT2D eigenvalue weighted by molar-refractivity contribution is 7.57. The molecule has 0 spiro atoms. The van der Waals surface area contributed by atoms with E-state index in [-0.39, 0.29) is 0 Å². The molecule has 0 aliphatic rings. The monoisotopic (exact) mass is 1470 g/mol. The van der Waals surface area contributed by atoms with Crippen LogP contribution in [-0.4, -0.2) is 54.4 Å². The Bertz CT molecular complexity index is 3200. The van der Waals surface area contributed by atoms with Gasteiger partial charge in [0.15, 0.2) is 0 Å². The molecule has 0 aliphatic carbocycles. The summed E-state index contributed by atoms with van der Waals surface area (Å²) in [6, 6.07) is 73.2. The van der Waals surface area contributed by atoms with E-state index in [0.717, 1.165) is 25.7 Å². The lowest BCUT2D eigenvalue weighted by atomic mass is 9.86. The van der Waals surface area contributed by atoms with Crippen LogP contribution in [0.15, 0.2) is 194 Å². The van der Waals surface area contributed by atoms with Crippen LogP contribution in [0.1, 0.15) is 296 Å². The molecule has 13 heteroatoms. The first-order chi connectivity index (χ1) is 49.7. The largest absolute Gasteiger partial charge is 0.790 e. The van der Waals surface area contributed by atoms with E-state index in [9.17, 15) is 28.7 Å². The Morgan fingerprint density at radius 2 is 0.410 bits per heavy atom. The summed E-state index contributed by atoms with van der Waals surface area (Å²) in [4.78, 5) is 37.3. The smallest absolute Gasteiger partial charge is 0.0759 e. The lowest BCUT2D eigenvalue weighted by molar-refractivity contribution is -0.627. The number of rotatable bonds is 34. The van der Waals surface area contributed by atoms with Gasteiger partial charge in [0, 0.05) is 25.7 Å². The topological polar surface area (TPSA) is 202 Å². The third-order valence-corrected chi connectivity index (χ3v) is 21.5. The molecular weight excluding hydrogens is 1330 g/mol. The Hall–Kier alpha value is -6.14. The second-order valence-electron chi connectivity index (χ2n) is 31.4. The standard InChI is InChI=1S/4C23H33N.H4O7P2/c4*1-17(2)22-14-19(15-23(16-22)18(3)4)13-21(11-12-24-5)20-9-7-6-8-10-20;1-8(2,3)7-9(4,5)6/h4*6-10,14-18,21,24H,11-13H2,1-5H3;(H2,1,2,3)(H2,4,5,6). The van der Waals surface area contributed by atoms with E-state index < -0.39 is 15.6 Å². The normalized spacial score (nSPS) is 12.9. The van der Waals surface area contributed by atoms with Gasteiger partial charge in [-0.15, -0.1) is 0 Å². The van der Waals surface area contributed by atoms with Crippen LogP contribution >= 0.6 is 15.6 Å². The van der Waals surface area contributed by atoms with Crippen molar-refractivity contribution in [2.24, 2.45) is 0 Å². The van der Waals surface area contributed by atoms with Crippen molar-refractivity contribution in [2.45, 2.75) is 233 Å². The number of hydrogen-bond acceptors (Lipinski definition) is 7. The molecule has 0 bridgehead atoms. The highest BCUT2D eigenvalue weighted by Gasteiger charge is 2.21. The maximum atomic E-state index is 9.32. The second-order valence-corrected chi connectivity index (χ2v) is 33.9. The van der Waals surface area contributed by atoms with Crippen LogP contribution in [0.5, 0.6) is 0 Å². The molecule has 0 saturated heterocycles. The molecule has 0 saturated carbocycles. The van der Waals surface area contributed by atoms with Crippen molar-refractivity contribution in [3.05, 3.63) is 283 Å². The van der Waals surface area contributed by atoms with Gasteiger partial charge < -0.3 is 54.3 Å². The fraction of sp³-hybridized carbons (Fsp3) is 0.478. The summed E-state index contributed by atoms with van der Waals surface area (Å²) < 4.78 is 21.2. The molecule has 4 atom stereocenters. The number of hydrogen-bond donors (Lipinski definition) is 4. The van der Waals surface area contributed by atoms with E-state index in [1.807, 2.05) is 0 Å². The lowest BCUT2D eigenvalue weighted by Gasteiger charge is -2.39. The molecule has 0 aromatic heterocycles. The molecule has 4 unspecified atom stereocenters. The van der Waals surface area contributed by atoms with Crippen LogP contribution in [0.4, 0.5) is 0 Å². The van der Waals surface area contributed by atoms with Gasteiger partial charge in [0.2, 0.25) is 0 Å². The van der Waals surface area contributed by atoms with Crippen molar-refractivity contribution in [1.29, 1.82) is 0 Å². The Labute approximate surface area is 637 Å². The minimum atomic E-state index is -5.68. The van der Waals surface area contributed by atoms with E-state index in [0.29, 0.717) is 71.0 Å². The Morgan fingerprint density at radius 3 is 0.524 bits per heavy atom. The summed E-state index contributed by atoms with van der Waals surface area (Å²) in [5, 5.41) is 9.17. The molecule has 11 nitrogen and oxygen atoms in total. The number of quaternary nitrogens is 4. The third kappa shape index (κ3) is 35.2. The molecule has 0 aliphatic heterocycles. The Kier molecular flexibility index (Phi) is 41.4. The second kappa shape index (κ2) is 47.6. The van der Waals surface area contributed by atoms with E-state index in [4.69, 9.17) is 0 Å². The molecule has 0 amide bonds. The van der Waals surface area contributed by atoms with E-state index in [1.165, 1.54) is 141 Å². The average molecular weight is 1470 g/mol. The van der Waals surface area contributed by atoms with Gasteiger partial charge in [-0.3, -0.25) is 0 Å². The molecular formula is C92H136N4O7P2. The van der Waals surface area contributed by atoms with E-state index in [2.05, 4.69) is 359 Å². The Morgan fingerprint density at radius 1 is 0.257 bits per heavy atom. The van der Waals surface area contributed by atoms with Crippen molar-refractivity contribution < 1.29 is 54.3 Å². The molecule has 8 aromatic carbocycles. The summed E-state index contributed by atoms with van der Waals surface area (Å²) in [7, 11) is -2.69. The van der Waals surface area contributed by atoms with Crippen LogP contribution in [-0.2, 0) is 39.1 Å². The highest BCUT2D eigenvalue weighted by atomic mass is 31.3. The zero-order chi connectivity index (χ0) is 77.8. The van der Waals surface area contributed by atoms with Gasteiger partial charge in [0.1, 0.15) is 0 Å². The summed E-state index contributed by atoms with van der Waals surface area (Å²) in [5.74, 6) is 7.09. The van der Waals surface area contributed by atoms with Gasteiger partial charge in [0.25, 0.3) is 0 Å². The number of phosphoric acid groups is 2. The molecule has 8 N–H and O–H groups in total. The van der Waals surface area contributed by atoms with Crippen molar-refractivity contribution in [2.75, 3.05) is 54.4 Å². The van der Waals surface area contributed by atoms with Gasteiger partial charge in [-0.25, -0.2) is 0 Å². The van der Waals surface area contributed by atoms with Crippen LogP contribution < -0.4 is 40.8 Å². The van der Waals surface area contributed by atoms with Crippen LogP contribution in [0.3, 0.4) is 0 Å². The fourth-order valence-electron chi connectivity index (χ4n) is 13.3. The SMILES string of the molecule is C[NH2+]CCC(Cc1cc(C(C)C)cc(C(C)C)c1)c1ccccc1.C[NH2+]CCC(Cc1cc(C(C)C)cc(C(C)C)c1)c1ccccc1.C[NH2+]CCC(Cc1cc(C(C)C)cc(C(C)C)c1)c1ccccc1.C[NH2+]CCC(Cc1cc(C(C)C)cc(C(C)C)c1)c1ccccc1.O=P([O-])([O-])OP(=O)([O-])[O-]. The Balaban J connectivity index is 0.000000285. The fourth-order valence-corrected chi connectivity index (χ4v) is 14.3. The van der Waals surface area contributed by atoms with Gasteiger partial charge in [-0.05, 0) is 186 Å². The van der Waals surface area contributed by atoms with Crippen LogP contribution in [0, 0.1) is 0 Å². The molecule has 8 rings (SSSR count). The number of benzene rings is 8.